The molecule has 55 heavy (non-hydrogen) atoms. The standard InChI is InChI=1S/C30H24NO.C20H28NSi.Ir/c1-30(2,3)20-17-15-19(16-18-20)27-23-10-4-6-13-25(23)31-28(27)24-12-8-11-22-21-9-5-7-14-26(21)32-29(22)24;1-15-8-10-16(11-9-15)18-12-17(13-20(2,3)4)19(14-21-18)22(5,6)7;/h4-11,13-18,27H,1-3H3;8-10,12,14H,13H2,1-7H3;/q2*-1;/i;1D3,13D2;. The van der Waals surface area contributed by atoms with E-state index in [1.165, 1.54) is 22.8 Å². The molecule has 0 N–H and O–H groups in total. The minimum absolute atomic E-state index is 0. The number of aryl methyl sites for hydroxylation is 1. The maximum absolute atomic E-state index is 8.79. The summed E-state index contributed by atoms with van der Waals surface area (Å²) in [5, 5.41) is 3.24. The van der Waals surface area contributed by atoms with Gasteiger partial charge in [-0.25, -0.2) is 0 Å². The summed E-state index contributed by atoms with van der Waals surface area (Å²) in [6, 6.07) is 42.7. The minimum atomic E-state index is -2.17. The Balaban J connectivity index is 0.000000201. The van der Waals surface area contributed by atoms with E-state index in [9.17, 15) is 0 Å². The molecule has 0 saturated heterocycles. The molecule has 1 radical (unpaired) electrons. The molecule has 283 valence electrons. The fourth-order valence-corrected chi connectivity index (χ4v) is 8.46. The zero-order valence-corrected chi connectivity index (χ0v) is 36.6. The molecule has 0 spiro atoms. The molecule has 7 aromatic rings. The summed E-state index contributed by atoms with van der Waals surface area (Å²) >= 11 is 0. The average Bonchev–Trinajstić information content (AvgIpc) is 3.76. The Labute approximate surface area is 349 Å². The van der Waals surface area contributed by atoms with Crippen LogP contribution in [0.1, 0.15) is 87.7 Å². The molecule has 0 bridgehead atoms. The van der Waals surface area contributed by atoms with Crippen molar-refractivity contribution in [1.29, 1.82) is 0 Å². The zero-order chi connectivity index (χ0) is 42.7. The van der Waals surface area contributed by atoms with Crippen LogP contribution in [0.4, 0.5) is 5.69 Å². The van der Waals surface area contributed by atoms with Crippen molar-refractivity contribution in [1.82, 2.24) is 4.98 Å². The first-order chi connectivity index (χ1) is 27.6. The minimum Gasteiger partial charge on any atom is -0.501 e. The number of aromatic nitrogens is 1. The largest absolute Gasteiger partial charge is 0.501 e. The first-order valence-electron chi connectivity index (χ1n) is 21.2. The normalized spacial score (nSPS) is 16.1. The number of para-hydroxylation sites is 2. The van der Waals surface area contributed by atoms with Crippen molar-refractivity contribution in [3.63, 3.8) is 0 Å². The van der Waals surface area contributed by atoms with Crippen molar-refractivity contribution in [2.45, 2.75) is 85.7 Å². The van der Waals surface area contributed by atoms with Gasteiger partial charge in [0.2, 0.25) is 0 Å². The summed E-state index contributed by atoms with van der Waals surface area (Å²) in [6.45, 7) is 16.8. The predicted molar refractivity (Wildman–Crippen MR) is 232 cm³/mol. The molecule has 2 aromatic heterocycles. The second-order valence-corrected chi connectivity index (χ2v) is 22.3. The van der Waals surface area contributed by atoms with E-state index in [0.29, 0.717) is 16.8 Å². The zero-order valence-electron chi connectivity index (χ0n) is 38.2. The summed E-state index contributed by atoms with van der Waals surface area (Å²) in [6.07, 6.45) is 0.269. The fourth-order valence-electron chi connectivity index (χ4n) is 7.06. The molecule has 0 fully saturated rings. The summed E-state index contributed by atoms with van der Waals surface area (Å²) in [7, 11) is -1.81. The third-order valence-electron chi connectivity index (χ3n) is 9.78. The van der Waals surface area contributed by atoms with Crippen LogP contribution in [-0.4, -0.2) is 18.8 Å². The quantitative estimate of drug-likeness (QED) is 0.127. The summed E-state index contributed by atoms with van der Waals surface area (Å²) < 4.78 is 46.4. The number of fused-ring (bicyclic) bond motifs is 4. The Morgan fingerprint density at radius 3 is 2.24 bits per heavy atom. The Kier molecular flexibility index (Phi) is 9.62. The van der Waals surface area contributed by atoms with E-state index in [4.69, 9.17) is 16.3 Å². The maximum atomic E-state index is 8.79. The fraction of sp³-hybridized carbons (Fsp3) is 0.280. The van der Waals surface area contributed by atoms with E-state index < -0.39 is 26.7 Å². The number of hydrogen-bond donors (Lipinski definition) is 0. The topological polar surface area (TPSA) is 38.4 Å². The molecular formula is C50H52IrN2OSi-2. The number of pyridine rings is 1. The van der Waals surface area contributed by atoms with Crippen molar-refractivity contribution in [3.05, 3.63) is 161 Å². The van der Waals surface area contributed by atoms with Gasteiger partial charge in [0.25, 0.3) is 0 Å². The summed E-state index contributed by atoms with van der Waals surface area (Å²) in [5.74, 6) is 0.0512. The SMILES string of the molecule is CC(C)(C)c1ccc(C2C(c3[c-]ccc4c3oc3ccccc34)=Nc3ccccc32)cc1.[2H]C([2H])([2H])c1c[c-]c(-c2cc(C([2H])([2H])C(C)(C)C)c([Si](C)(C)C)cn2)cc1.[Ir]. The molecule has 3 heterocycles. The summed E-state index contributed by atoms with van der Waals surface area (Å²) in [5.41, 5.74) is 10.2. The number of rotatable bonds is 5. The molecule has 5 heteroatoms. The molecular weight excluding hydrogens is 865 g/mol. The Hall–Kier alpha value is -4.41. The van der Waals surface area contributed by atoms with Crippen molar-refractivity contribution < 1.29 is 31.4 Å². The van der Waals surface area contributed by atoms with Crippen LogP contribution in [0.15, 0.2) is 125 Å². The van der Waals surface area contributed by atoms with E-state index in [0.717, 1.165) is 44.1 Å². The van der Waals surface area contributed by atoms with Crippen LogP contribution < -0.4 is 5.19 Å². The van der Waals surface area contributed by atoms with Crippen LogP contribution in [0, 0.1) is 24.4 Å². The van der Waals surface area contributed by atoms with Crippen LogP contribution in [0.2, 0.25) is 19.6 Å². The van der Waals surface area contributed by atoms with Crippen LogP contribution in [0.25, 0.3) is 33.2 Å². The van der Waals surface area contributed by atoms with E-state index in [1.807, 2.05) is 45.0 Å². The van der Waals surface area contributed by atoms with E-state index in [1.54, 1.807) is 18.3 Å². The molecule has 1 unspecified atom stereocenters. The van der Waals surface area contributed by atoms with E-state index in [-0.39, 0.29) is 37.0 Å². The first kappa shape index (κ1) is 33.9. The smallest absolute Gasteiger partial charge is 0.120 e. The van der Waals surface area contributed by atoms with Crippen molar-refractivity contribution in [2.75, 3.05) is 0 Å². The Bertz CT molecular complexity index is 2680. The monoisotopic (exact) mass is 922 g/mol. The van der Waals surface area contributed by atoms with Crippen molar-refractivity contribution in [2.24, 2.45) is 10.4 Å². The van der Waals surface area contributed by atoms with Gasteiger partial charge in [-0.1, -0.05) is 151 Å². The van der Waals surface area contributed by atoms with Gasteiger partial charge in [-0.15, -0.1) is 53.6 Å². The number of furan rings is 1. The number of nitrogens with zero attached hydrogens (tertiary/aromatic N) is 2. The molecule has 5 aromatic carbocycles. The van der Waals surface area contributed by atoms with Gasteiger partial charge < -0.3 is 9.40 Å². The second-order valence-electron chi connectivity index (χ2n) is 17.3. The van der Waals surface area contributed by atoms with Crippen LogP contribution >= 0.6 is 0 Å². The van der Waals surface area contributed by atoms with Gasteiger partial charge >= 0.3 is 0 Å². The van der Waals surface area contributed by atoms with Gasteiger partial charge in [0.1, 0.15) is 5.58 Å². The Morgan fingerprint density at radius 2 is 1.56 bits per heavy atom. The van der Waals surface area contributed by atoms with E-state index in [2.05, 4.69) is 124 Å². The first-order valence-corrected chi connectivity index (χ1v) is 22.2. The number of aliphatic imine (C=N–C) groups is 1. The predicted octanol–water partition coefficient (Wildman–Crippen LogP) is 12.9. The molecule has 1 atom stereocenters. The van der Waals surface area contributed by atoms with Gasteiger partial charge in [-0.05, 0) is 62.6 Å². The maximum Gasteiger partial charge on any atom is 0.120 e. The number of benzene rings is 5. The molecule has 0 amide bonds. The average molecular weight is 922 g/mol. The number of hydrogen-bond acceptors (Lipinski definition) is 3. The Morgan fingerprint density at radius 1 is 0.836 bits per heavy atom. The van der Waals surface area contributed by atoms with Crippen molar-refractivity contribution in [3.8, 4) is 11.3 Å². The van der Waals surface area contributed by atoms with Crippen LogP contribution in [0.5, 0.6) is 0 Å². The van der Waals surface area contributed by atoms with Gasteiger partial charge in [-0.3, -0.25) is 4.99 Å². The van der Waals surface area contributed by atoms with Crippen LogP contribution in [0.3, 0.4) is 0 Å². The molecule has 0 aliphatic carbocycles. The third kappa shape index (κ3) is 8.70. The molecule has 1 aliphatic heterocycles. The molecule has 3 nitrogen and oxygen atoms in total. The molecule has 8 rings (SSSR count). The van der Waals surface area contributed by atoms with E-state index >= 15 is 0 Å². The third-order valence-corrected chi connectivity index (χ3v) is 11.8. The second kappa shape index (κ2) is 15.6. The van der Waals surface area contributed by atoms with Gasteiger partial charge in [-0.2, -0.15) is 0 Å². The van der Waals surface area contributed by atoms with Gasteiger partial charge in [0.05, 0.1) is 19.3 Å². The van der Waals surface area contributed by atoms with Crippen LogP contribution in [-0.2, 0) is 31.9 Å². The molecule has 0 saturated carbocycles. The van der Waals surface area contributed by atoms with Gasteiger partial charge in [0.15, 0.2) is 0 Å². The van der Waals surface area contributed by atoms with Crippen molar-refractivity contribution >= 4 is 46.6 Å². The molecule has 1 aliphatic rings. The summed E-state index contributed by atoms with van der Waals surface area (Å²) in [4.78, 5) is 9.66. The van der Waals surface area contributed by atoms with Gasteiger partial charge in [0, 0.05) is 44.5 Å².